The first-order valence-corrected chi connectivity index (χ1v) is 6.57. The van der Waals surface area contributed by atoms with Crippen molar-refractivity contribution < 1.29 is 13.2 Å². The highest BCUT2D eigenvalue weighted by atomic mass is 19.4. The number of alkyl halides is 3. The standard InChI is InChI=1S/C16H17F3N2/c1-21(15-8-3-2-6-13(15)10-20)11-12-5-4-7-14(9-12)16(17,18)19/h2-9H,10-11,20H2,1H3. The Bertz CT molecular complexity index is 608. The topological polar surface area (TPSA) is 29.3 Å². The quantitative estimate of drug-likeness (QED) is 0.929. The van der Waals surface area contributed by atoms with Gasteiger partial charge >= 0.3 is 6.18 Å². The van der Waals surface area contributed by atoms with E-state index in [0.29, 0.717) is 18.7 Å². The fourth-order valence-electron chi connectivity index (χ4n) is 2.26. The van der Waals surface area contributed by atoms with Gasteiger partial charge in [-0.1, -0.05) is 30.3 Å². The molecule has 2 rings (SSSR count). The fraction of sp³-hybridized carbons (Fsp3) is 0.250. The van der Waals surface area contributed by atoms with Crippen molar-refractivity contribution in [2.75, 3.05) is 11.9 Å². The molecule has 0 aliphatic carbocycles. The first-order chi connectivity index (χ1) is 9.91. The van der Waals surface area contributed by atoms with Crippen molar-refractivity contribution in [3.05, 3.63) is 65.2 Å². The highest BCUT2D eigenvalue weighted by Crippen LogP contribution is 2.30. The van der Waals surface area contributed by atoms with Crippen LogP contribution in [0.3, 0.4) is 0 Å². The first kappa shape index (κ1) is 15.4. The lowest BCUT2D eigenvalue weighted by Crippen LogP contribution is -2.19. The summed E-state index contributed by atoms with van der Waals surface area (Å²) < 4.78 is 38.2. The van der Waals surface area contributed by atoms with Crippen LogP contribution < -0.4 is 10.6 Å². The third-order valence-corrected chi connectivity index (χ3v) is 3.30. The lowest BCUT2D eigenvalue weighted by Gasteiger charge is -2.22. The van der Waals surface area contributed by atoms with Gasteiger partial charge in [0.25, 0.3) is 0 Å². The molecule has 2 aromatic carbocycles. The fourth-order valence-corrected chi connectivity index (χ4v) is 2.26. The molecule has 2 nitrogen and oxygen atoms in total. The largest absolute Gasteiger partial charge is 0.416 e. The van der Waals surface area contributed by atoms with Gasteiger partial charge in [0.15, 0.2) is 0 Å². The van der Waals surface area contributed by atoms with E-state index in [1.165, 1.54) is 12.1 Å². The molecule has 21 heavy (non-hydrogen) atoms. The second kappa shape index (κ2) is 6.18. The average Bonchev–Trinajstić information content (AvgIpc) is 2.46. The van der Waals surface area contributed by atoms with E-state index in [2.05, 4.69) is 0 Å². The third-order valence-electron chi connectivity index (χ3n) is 3.30. The highest BCUT2D eigenvalue weighted by molar-refractivity contribution is 5.53. The molecule has 2 N–H and O–H groups in total. The molecular formula is C16H17F3N2. The monoisotopic (exact) mass is 294 g/mol. The van der Waals surface area contributed by atoms with Gasteiger partial charge in [0.2, 0.25) is 0 Å². The van der Waals surface area contributed by atoms with Gasteiger partial charge in [-0.15, -0.1) is 0 Å². The summed E-state index contributed by atoms with van der Waals surface area (Å²) in [6.07, 6.45) is -4.32. The Hall–Kier alpha value is -2.01. The van der Waals surface area contributed by atoms with E-state index in [4.69, 9.17) is 5.73 Å². The minimum atomic E-state index is -4.32. The van der Waals surface area contributed by atoms with Gasteiger partial charge in [0.1, 0.15) is 0 Å². The lowest BCUT2D eigenvalue weighted by atomic mass is 10.1. The Kier molecular flexibility index (Phi) is 4.53. The van der Waals surface area contributed by atoms with Crippen LogP contribution >= 0.6 is 0 Å². The number of nitrogens with zero attached hydrogens (tertiary/aromatic N) is 1. The number of anilines is 1. The Labute approximate surface area is 122 Å². The number of benzene rings is 2. The van der Waals surface area contributed by atoms with Crippen molar-refractivity contribution >= 4 is 5.69 Å². The molecule has 0 unspecified atom stereocenters. The molecule has 0 aromatic heterocycles. The van der Waals surface area contributed by atoms with Crippen LogP contribution in [0, 0.1) is 0 Å². The first-order valence-electron chi connectivity index (χ1n) is 6.57. The Morgan fingerprint density at radius 2 is 1.76 bits per heavy atom. The lowest BCUT2D eigenvalue weighted by molar-refractivity contribution is -0.137. The van der Waals surface area contributed by atoms with Crippen molar-refractivity contribution in [1.29, 1.82) is 0 Å². The third kappa shape index (κ3) is 3.76. The number of halogens is 3. The van der Waals surface area contributed by atoms with Crippen LogP contribution in [0.15, 0.2) is 48.5 Å². The Morgan fingerprint density at radius 1 is 1.05 bits per heavy atom. The van der Waals surface area contributed by atoms with E-state index in [0.717, 1.165) is 17.3 Å². The smallest absolute Gasteiger partial charge is 0.370 e. The Morgan fingerprint density at radius 3 is 2.43 bits per heavy atom. The predicted molar refractivity (Wildman–Crippen MR) is 77.9 cm³/mol. The molecule has 0 heterocycles. The molecule has 2 aromatic rings. The minimum absolute atomic E-state index is 0.390. The SMILES string of the molecule is CN(Cc1cccc(C(F)(F)F)c1)c1ccccc1CN. The summed E-state index contributed by atoms with van der Waals surface area (Å²) in [5.41, 5.74) is 7.57. The number of rotatable bonds is 4. The number of para-hydroxylation sites is 1. The summed E-state index contributed by atoms with van der Waals surface area (Å²) in [5.74, 6) is 0. The molecule has 0 aliphatic rings. The van der Waals surface area contributed by atoms with Crippen molar-refractivity contribution in [3.63, 3.8) is 0 Å². The number of hydrogen-bond acceptors (Lipinski definition) is 2. The maximum Gasteiger partial charge on any atom is 0.416 e. The molecule has 0 atom stereocenters. The van der Waals surface area contributed by atoms with Crippen LogP contribution in [-0.2, 0) is 19.3 Å². The Balaban J connectivity index is 2.22. The van der Waals surface area contributed by atoms with Crippen LogP contribution in [0.4, 0.5) is 18.9 Å². The maximum atomic E-state index is 12.7. The van der Waals surface area contributed by atoms with Crippen molar-refractivity contribution in [2.24, 2.45) is 5.73 Å². The molecule has 5 heteroatoms. The molecule has 0 radical (unpaired) electrons. The molecule has 0 saturated heterocycles. The zero-order valence-electron chi connectivity index (χ0n) is 11.7. The van der Waals surface area contributed by atoms with Gasteiger partial charge in [0, 0.05) is 25.8 Å². The van der Waals surface area contributed by atoms with Crippen LogP contribution in [-0.4, -0.2) is 7.05 Å². The zero-order chi connectivity index (χ0) is 15.5. The summed E-state index contributed by atoms with van der Waals surface area (Å²) >= 11 is 0. The molecule has 0 amide bonds. The molecule has 0 aliphatic heterocycles. The van der Waals surface area contributed by atoms with Crippen LogP contribution in [0.1, 0.15) is 16.7 Å². The molecule has 0 bridgehead atoms. The summed E-state index contributed by atoms with van der Waals surface area (Å²) in [7, 11) is 1.84. The molecule has 0 saturated carbocycles. The van der Waals surface area contributed by atoms with Crippen molar-refractivity contribution in [2.45, 2.75) is 19.3 Å². The van der Waals surface area contributed by atoms with E-state index in [9.17, 15) is 13.2 Å². The second-order valence-corrected chi connectivity index (χ2v) is 4.89. The van der Waals surface area contributed by atoms with E-state index in [1.54, 1.807) is 6.07 Å². The van der Waals surface area contributed by atoms with E-state index in [-0.39, 0.29) is 0 Å². The van der Waals surface area contributed by atoms with Crippen LogP contribution in [0.5, 0.6) is 0 Å². The summed E-state index contributed by atoms with van der Waals surface area (Å²) in [6.45, 7) is 0.782. The zero-order valence-corrected chi connectivity index (χ0v) is 11.7. The molecule has 0 spiro atoms. The number of nitrogens with two attached hydrogens (primary N) is 1. The van der Waals surface area contributed by atoms with Gasteiger partial charge in [-0.25, -0.2) is 0 Å². The molecule has 0 fully saturated rings. The summed E-state index contributed by atoms with van der Waals surface area (Å²) in [5, 5.41) is 0. The van der Waals surface area contributed by atoms with Crippen LogP contribution in [0.25, 0.3) is 0 Å². The minimum Gasteiger partial charge on any atom is -0.370 e. The highest BCUT2D eigenvalue weighted by Gasteiger charge is 2.30. The van der Waals surface area contributed by atoms with E-state index in [1.807, 2.05) is 36.2 Å². The van der Waals surface area contributed by atoms with E-state index < -0.39 is 11.7 Å². The number of hydrogen-bond donors (Lipinski definition) is 1. The van der Waals surface area contributed by atoms with Gasteiger partial charge in [-0.05, 0) is 29.3 Å². The van der Waals surface area contributed by atoms with Crippen molar-refractivity contribution in [3.8, 4) is 0 Å². The van der Waals surface area contributed by atoms with Gasteiger partial charge in [-0.2, -0.15) is 13.2 Å². The molecule has 112 valence electrons. The van der Waals surface area contributed by atoms with Gasteiger partial charge in [0.05, 0.1) is 5.56 Å². The predicted octanol–water partition coefficient (Wildman–Crippen LogP) is 3.80. The molecular weight excluding hydrogens is 277 g/mol. The second-order valence-electron chi connectivity index (χ2n) is 4.89. The maximum absolute atomic E-state index is 12.7. The van der Waals surface area contributed by atoms with E-state index >= 15 is 0 Å². The summed E-state index contributed by atoms with van der Waals surface area (Å²) in [4.78, 5) is 1.90. The summed E-state index contributed by atoms with van der Waals surface area (Å²) in [6, 6.07) is 13.0. The van der Waals surface area contributed by atoms with Gasteiger partial charge in [-0.3, -0.25) is 0 Å². The van der Waals surface area contributed by atoms with Crippen LogP contribution in [0.2, 0.25) is 0 Å². The normalized spacial score (nSPS) is 11.5. The van der Waals surface area contributed by atoms with Crippen molar-refractivity contribution in [1.82, 2.24) is 0 Å². The average molecular weight is 294 g/mol. The van der Waals surface area contributed by atoms with Gasteiger partial charge < -0.3 is 10.6 Å².